The van der Waals surface area contributed by atoms with E-state index in [2.05, 4.69) is 35.5 Å². The molecular formula is C32H39N5O5S. The predicted octanol–water partition coefficient (Wildman–Crippen LogP) is 4.82. The highest BCUT2D eigenvalue weighted by Gasteiger charge is 2.41. The molecule has 2 aliphatic heterocycles. The van der Waals surface area contributed by atoms with E-state index in [9.17, 15) is 18.0 Å². The summed E-state index contributed by atoms with van der Waals surface area (Å²) in [5, 5.41) is 0. The van der Waals surface area contributed by atoms with Gasteiger partial charge in [0, 0.05) is 30.8 Å². The summed E-state index contributed by atoms with van der Waals surface area (Å²) in [7, 11) is -2.44. The Morgan fingerprint density at radius 3 is 2.42 bits per heavy atom. The van der Waals surface area contributed by atoms with E-state index in [-0.39, 0.29) is 40.2 Å². The number of aromatic nitrogens is 2. The number of hydrogen-bond acceptors (Lipinski definition) is 7. The number of carbonyl (C=O) groups excluding carboxylic acids is 2. The molecule has 228 valence electrons. The molecule has 3 aromatic rings. The van der Waals surface area contributed by atoms with Gasteiger partial charge < -0.3 is 14.5 Å². The molecule has 1 saturated heterocycles. The van der Waals surface area contributed by atoms with Crippen molar-refractivity contribution in [2.45, 2.75) is 70.9 Å². The lowest BCUT2D eigenvalue weighted by Crippen LogP contribution is -2.58. The van der Waals surface area contributed by atoms with Crippen molar-refractivity contribution >= 4 is 27.8 Å². The molecule has 2 amide bonds. The van der Waals surface area contributed by atoms with Crippen LogP contribution in [0.3, 0.4) is 0 Å². The molecule has 10 nitrogen and oxygen atoms in total. The van der Waals surface area contributed by atoms with Crippen molar-refractivity contribution in [3.05, 3.63) is 65.2 Å². The van der Waals surface area contributed by atoms with Crippen LogP contribution >= 0.6 is 0 Å². The van der Waals surface area contributed by atoms with Crippen LogP contribution in [0.1, 0.15) is 61.5 Å². The van der Waals surface area contributed by atoms with Crippen molar-refractivity contribution in [3.8, 4) is 17.1 Å². The molecule has 1 fully saturated rings. The lowest BCUT2D eigenvalue weighted by Gasteiger charge is -2.43. The van der Waals surface area contributed by atoms with Gasteiger partial charge in [-0.05, 0) is 67.9 Å². The van der Waals surface area contributed by atoms with E-state index in [0.29, 0.717) is 25.1 Å². The first kappa shape index (κ1) is 30.5. The Bertz CT molecular complexity index is 1650. The van der Waals surface area contributed by atoms with Crippen LogP contribution in [-0.2, 0) is 14.8 Å². The van der Waals surface area contributed by atoms with Crippen LogP contribution in [0.5, 0.6) is 5.88 Å². The van der Waals surface area contributed by atoms with Crippen LogP contribution in [-0.4, -0.2) is 72.3 Å². The number of nitrogens with one attached hydrogen (secondary N) is 1. The van der Waals surface area contributed by atoms with Crippen molar-refractivity contribution in [1.29, 1.82) is 0 Å². The summed E-state index contributed by atoms with van der Waals surface area (Å²) in [6.45, 7) is 10.8. The van der Waals surface area contributed by atoms with Gasteiger partial charge in [0.25, 0.3) is 15.9 Å². The minimum Gasteiger partial charge on any atom is -0.475 e. The lowest BCUT2D eigenvalue weighted by molar-refractivity contribution is -0.139. The third kappa shape index (κ3) is 6.51. The summed E-state index contributed by atoms with van der Waals surface area (Å²) < 4.78 is 36.0. The molecule has 11 heteroatoms. The number of piperidine rings is 1. The third-order valence-corrected chi connectivity index (χ3v) is 9.25. The molecule has 0 aliphatic carbocycles. The molecule has 2 aromatic carbocycles. The number of sulfonamides is 1. The lowest BCUT2D eigenvalue weighted by atomic mass is 9.86. The second-order valence-corrected chi connectivity index (χ2v) is 14.4. The van der Waals surface area contributed by atoms with E-state index in [1.807, 2.05) is 32.0 Å². The Balaban J connectivity index is 1.70. The summed E-state index contributed by atoms with van der Waals surface area (Å²) >= 11 is 0. The molecule has 2 atom stereocenters. The number of carbonyl (C=O) groups is 2. The maximum absolute atomic E-state index is 14.3. The van der Waals surface area contributed by atoms with Gasteiger partial charge in [-0.2, -0.15) is 4.98 Å². The highest BCUT2D eigenvalue weighted by Crippen LogP contribution is 2.33. The first-order chi connectivity index (χ1) is 20.2. The number of nitrogens with zero attached hydrogens (tertiary/aromatic N) is 4. The minimum absolute atomic E-state index is 0.0472. The average Bonchev–Trinajstić information content (AvgIpc) is 2.92. The van der Waals surface area contributed by atoms with Crippen molar-refractivity contribution in [1.82, 2.24) is 19.8 Å². The third-order valence-electron chi connectivity index (χ3n) is 7.92. The van der Waals surface area contributed by atoms with Crippen molar-refractivity contribution in [2.75, 3.05) is 24.9 Å². The minimum atomic E-state index is -4.18. The van der Waals surface area contributed by atoms with Crippen LogP contribution in [0.15, 0.2) is 53.4 Å². The van der Waals surface area contributed by atoms with Crippen molar-refractivity contribution < 1.29 is 22.7 Å². The van der Waals surface area contributed by atoms with E-state index in [4.69, 9.17) is 4.74 Å². The number of anilines is 1. The molecule has 3 heterocycles. The number of ether oxygens (including phenoxy) is 1. The van der Waals surface area contributed by atoms with E-state index in [0.717, 1.165) is 23.1 Å². The largest absolute Gasteiger partial charge is 0.475 e. The highest BCUT2D eigenvalue weighted by atomic mass is 32.2. The number of amides is 2. The number of aryl methyl sites for hydroxylation is 2. The van der Waals surface area contributed by atoms with Crippen LogP contribution in [0.25, 0.3) is 11.3 Å². The summed E-state index contributed by atoms with van der Waals surface area (Å²) in [6.07, 6.45) is 1.78. The molecule has 1 aromatic heterocycles. The normalized spacial score (nSPS) is 20.8. The van der Waals surface area contributed by atoms with Gasteiger partial charge in [-0.1, -0.05) is 45.0 Å². The summed E-state index contributed by atoms with van der Waals surface area (Å²) in [6, 6.07) is 12.2. The highest BCUT2D eigenvalue weighted by molar-refractivity contribution is 7.92. The van der Waals surface area contributed by atoms with Gasteiger partial charge in [0.05, 0.1) is 16.6 Å². The Labute approximate surface area is 253 Å². The fraction of sp³-hybridized carbons (Fsp3) is 0.438. The van der Waals surface area contributed by atoms with E-state index in [1.165, 1.54) is 18.2 Å². The zero-order chi connectivity index (χ0) is 31.1. The Kier molecular flexibility index (Phi) is 8.22. The number of benzene rings is 2. The SMILES string of the molecule is Cc1cccc(C)c1-c1cc2nc(n1)NS(=O)(=O)c1cccc(c1)C(=O)N(C1CCCN(C)C1=O)[C@H](CC(C)(C)C)CO2. The summed E-state index contributed by atoms with van der Waals surface area (Å²) in [4.78, 5) is 40.0. The Morgan fingerprint density at radius 1 is 1.02 bits per heavy atom. The van der Waals surface area contributed by atoms with Gasteiger partial charge in [-0.15, -0.1) is 0 Å². The van der Waals surface area contributed by atoms with Gasteiger partial charge in [0.2, 0.25) is 17.7 Å². The fourth-order valence-corrected chi connectivity index (χ4v) is 6.96. The second-order valence-electron chi connectivity index (χ2n) is 12.7. The summed E-state index contributed by atoms with van der Waals surface area (Å²) in [5.41, 5.74) is 3.23. The van der Waals surface area contributed by atoms with Gasteiger partial charge in [-0.25, -0.2) is 18.1 Å². The monoisotopic (exact) mass is 605 g/mol. The average molecular weight is 606 g/mol. The smallest absolute Gasteiger partial charge is 0.264 e. The molecule has 0 saturated carbocycles. The maximum atomic E-state index is 14.3. The number of rotatable bonds is 3. The number of likely N-dealkylation sites (N-methyl/N-ethyl adjacent to an activating group) is 1. The van der Waals surface area contributed by atoms with Gasteiger partial charge in [-0.3, -0.25) is 9.59 Å². The van der Waals surface area contributed by atoms with Crippen molar-refractivity contribution in [2.24, 2.45) is 5.41 Å². The second kappa shape index (κ2) is 11.6. The van der Waals surface area contributed by atoms with Crippen LogP contribution < -0.4 is 9.46 Å². The van der Waals surface area contributed by atoms with E-state index < -0.39 is 28.0 Å². The van der Waals surface area contributed by atoms with Crippen LogP contribution in [0.2, 0.25) is 0 Å². The first-order valence-corrected chi connectivity index (χ1v) is 16.0. The molecule has 1 N–H and O–H groups in total. The van der Waals surface area contributed by atoms with Crippen molar-refractivity contribution in [3.63, 3.8) is 0 Å². The molecular weight excluding hydrogens is 566 g/mol. The maximum Gasteiger partial charge on any atom is 0.264 e. The number of hydrogen-bond donors (Lipinski definition) is 1. The van der Waals surface area contributed by atoms with Gasteiger partial charge in [0.15, 0.2) is 0 Å². The Hall–Kier alpha value is -3.99. The van der Waals surface area contributed by atoms with Crippen LogP contribution in [0, 0.1) is 19.3 Å². The standard InChI is InChI=1S/C32H39N5O5S/c1-20-10-7-11-21(2)28(20)25-17-27-34-31(33-25)35-43(40,41)24-13-8-12-22(16-24)29(38)37(23(19-42-27)18-32(3,4)5)26-14-9-15-36(6)30(26)39/h7-8,10-13,16-17,23,26H,9,14-15,18-19H2,1-6H3,(H,33,34,35)/t23-,26?/m1/s1. The van der Waals surface area contributed by atoms with E-state index in [1.54, 1.807) is 29.0 Å². The summed E-state index contributed by atoms with van der Waals surface area (Å²) in [5.74, 6) is -0.541. The topological polar surface area (TPSA) is 122 Å². The molecule has 1 unspecified atom stereocenters. The molecule has 0 radical (unpaired) electrons. The van der Waals surface area contributed by atoms with Gasteiger partial charge >= 0.3 is 0 Å². The molecule has 2 aliphatic rings. The molecule has 0 spiro atoms. The first-order valence-electron chi connectivity index (χ1n) is 14.5. The van der Waals surface area contributed by atoms with E-state index >= 15 is 0 Å². The molecule has 43 heavy (non-hydrogen) atoms. The molecule has 4 bridgehead atoms. The zero-order valence-corrected chi connectivity index (χ0v) is 26.4. The predicted molar refractivity (Wildman–Crippen MR) is 164 cm³/mol. The zero-order valence-electron chi connectivity index (χ0n) is 25.5. The number of fused-ring (bicyclic) bond motifs is 4. The van der Waals surface area contributed by atoms with Gasteiger partial charge in [0.1, 0.15) is 12.6 Å². The van der Waals surface area contributed by atoms with Crippen LogP contribution in [0.4, 0.5) is 5.95 Å². The fourth-order valence-electron chi connectivity index (χ4n) is 5.97. The molecule has 5 rings (SSSR count). The number of likely N-dealkylation sites (tertiary alicyclic amines) is 1. The quantitative estimate of drug-likeness (QED) is 0.454. The Morgan fingerprint density at radius 2 is 1.72 bits per heavy atom.